The minimum absolute atomic E-state index is 0.332. The van der Waals surface area contributed by atoms with Gasteiger partial charge < -0.3 is 15.0 Å². The summed E-state index contributed by atoms with van der Waals surface area (Å²) in [6.45, 7) is 2.06. The number of aryl methyl sites for hydroxylation is 1. The molecule has 0 fully saturated rings. The Morgan fingerprint density at radius 2 is 1.77 bits per heavy atom. The van der Waals surface area contributed by atoms with E-state index >= 15 is 0 Å². The fourth-order valence-electron chi connectivity index (χ4n) is 3.04. The third-order valence-electron chi connectivity index (χ3n) is 4.71. The first-order valence-electron chi connectivity index (χ1n) is 9.63. The van der Waals surface area contributed by atoms with Gasteiger partial charge in [0.1, 0.15) is 5.82 Å². The number of benzene rings is 3. The average Bonchev–Trinajstić information content (AvgIpc) is 3.21. The highest BCUT2D eigenvalue weighted by Gasteiger charge is 2.13. The molecule has 0 saturated carbocycles. The molecule has 4 aromatic rings. The van der Waals surface area contributed by atoms with Crippen LogP contribution in [-0.4, -0.2) is 28.5 Å². The van der Waals surface area contributed by atoms with Crippen molar-refractivity contribution in [3.8, 4) is 11.4 Å². The maximum absolute atomic E-state index is 12.3. The molecule has 6 heteroatoms. The maximum Gasteiger partial charge on any atom is 0.338 e. The normalized spacial score (nSPS) is 10.7. The molecule has 150 valence electrons. The molecule has 0 saturated heterocycles. The third kappa shape index (κ3) is 4.55. The number of fused-ring (bicyclic) bond motifs is 1. The first kappa shape index (κ1) is 19.4. The number of carbonyl (C=O) groups is 2. The summed E-state index contributed by atoms with van der Waals surface area (Å²) in [6.07, 6.45) is 0. The van der Waals surface area contributed by atoms with E-state index in [2.05, 4.69) is 15.3 Å². The van der Waals surface area contributed by atoms with Crippen LogP contribution in [0.2, 0.25) is 0 Å². The molecule has 6 nitrogen and oxygen atoms in total. The molecule has 1 amide bonds. The van der Waals surface area contributed by atoms with E-state index in [1.54, 1.807) is 18.2 Å². The lowest BCUT2D eigenvalue weighted by atomic mass is 10.1. The molecule has 1 aromatic heterocycles. The van der Waals surface area contributed by atoms with Crippen LogP contribution in [0.15, 0.2) is 72.8 Å². The minimum Gasteiger partial charge on any atom is -0.452 e. The maximum atomic E-state index is 12.3. The van der Waals surface area contributed by atoms with Gasteiger partial charge in [-0.3, -0.25) is 4.79 Å². The number of hydrogen-bond acceptors (Lipinski definition) is 4. The van der Waals surface area contributed by atoms with Gasteiger partial charge in [-0.2, -0.15) is 0 Å². The van der Waals surface area contributed by atoms with E-state index in [1.165, 1.54) is 0 Å². The quantitative estimate of drug-likeness (QED) is 0.480. The number of esters is 1. The minimum atomic E-state index is -0.557. The van der Waals surface area contributed by atoms with E-state index in [1.807, 2.05) is 61.5 Å². The van der Waals surface area contributed by atoms with Crippen LogP contribution in [0.1, 0.15) is 21.5 Å². The summed E-state index contributed by atoms with van der Waals surface area (Å²) < 4.78 is 5.15. The molecular formula is C24H21N3O3. The molecule has 0 radical (unpaired) electrons. The van der Waals surface area contributed by atoms with Crippen molar-refractivity contribution in [1.29, 1.82) is 0 Å². The number of amides is 1. The zero-order valence-electron chi connectivity index (χ0n) is 16.5. The third-order valence-corrected chi connectivity index (χ3v) is 4.71. The van der Waals surface area contributed by atoms with Crippen molar-refractivity contribution >= 4 is 22.9 Å². The number of rotatable bonds is 6. The molecule has 1 heterocycles. The fraction of sp³-hybridized carbons (Fsp3) is 0.125. The van der Waals surface area contributed by atoms with Gasteiger partial charge in [-0.05, 0) is 30.7 Å². The number of imidazole rings is 1. The van der Waals surface area contributed by atoms with Crippen LogP contribution in [0, 0.1) is 6.92 Å². The zero-order valence-corrected chi connectivity index (χ0v) is 16.5. The Labute approximate surface area is 173 Å². The predicted octanol–water partition coefficient (Wildman–Crippen LogP) is 4.01. The van der Waals surface area contributed by atoms with Crippen LogP contribution in [-0.2, 0) is 16.1 Å². The number of aromatic amines is 1. The topological polar surface area (TPSA) is 84.1 Å². The van der Waals surface area contributed by atoms with Crippen molar-refractivity contribution in [3.63, 3.8) is 0 Å². The van der Waals surface area contributed by atoms with Gasteiger partial charge in [0, 0.05) is 12.1 Å². The van der Waals surface area contributed by atoms with Crippen molar-refractivity contribution in [1.82, 2.24) is 15.3 Å². The smallest absolute Gasteiger partial charge is 0.338 e. The molecular weight excluding hydrogens is 378 g/mol. The van der Waals surface area contributed by atoms with Crippen LogP contribution in [0.3, 0.4) is 0 Å². The van der Waals surface area contributed by atoms with Gasteiger partial charge >= 0.3 is 5.97 Å². The van der Waals surface area contributed by atoms with Gasteiger partial charge in [-0.1, -0.05) is 60.2 Å². The van der Waals surface area contributed by atoms with E-state index in [0.29, 0.717) is 12.1 Å². The lowest BCUT2D eigenvalue weighted by Gasteiger charge is -2.07. The van der Waals surface area contributed by atoms with Crippen molar-refractivity contribution < 1.29 is 14.3 Å². The molecule has 0 aliphatic rings. The Kier molecular flexibility index (Phi) is 5.57. The molecule has 0 unspecified atom stereocenters. The Morgan fingerprint density at radius 1 is 1.00 bits per heavy atom. The number of hydrogen-bond donors (Lipinski definition) is 2. The molecule has 30 heavy (non-hydrogen) atoms. The second-order valence-corrected chi connectivity index (χ2v) is 7.02. The highest BCUT2D eigenvalue weighted by molar-refractivity contribution is 5.95. The number of H-pyrrole nitrogens is 1. The summed E-state index contributed by atoms with van der Waals surface area (Å²) in [6, 6.07) is 22.7. The number of carbonyl (C=O) groups excluding carboxylic acids is 2. The van der Waals surface area contributed by atoms with Gasteiger partial charge in [0.25, 0.3) is 5.91 Å². The molecule has 0 bridgehead atoms. The second-order valence-electron chi connectivity index (χ2n) is 7.02. The highest BCUT2D eigenvalue weighted by atomic mass is 16.5. The lowest BCUT2D eigenvalue weighted by molar-refractivity contribution is -0.124. The SMILES string of the molecule is Cc1ccc(CNC(=O)COC(=O)c2ccc3nc(-c4ccccc4)[nH]c3c2)cc1. The molecule has 0 atom stereocenters. The van der Waals surface area contributed by atoms with Gasteiger partial charge in [0.2, 0.25) is 0 Å². The van der Waals surface area contributed by atoms with Gasteiger partial charge in [-0.15, -0.1) is 0 Å². The van der Waals surface area contributed by atoms with E-state index in [0.717, 1.165) is 33.5 Å². The molecule has 4 rings (SSSR count). The Hall–Kier alpha value is -3.93. The first-order chi connectivity index (χ1) is 14.6. The number of nitrogens with zero attached hydrogens (tertiary/aromatic N) is 1. The van der Waals surface area contributed by atoms with E-state index in [9.17, 15) is 9.59 Å². The summed E-state index contributed by atoms with van der Waals surface area (Å²) >= 11 is 0. The standard InChI is InChI=1S/C24H21N3O3/c1-16-7-9-17(10-8-16)14-25-22(28)15-30-24(29)19-11-12-20-21(13-19)27-23(26-20)18-5-3-2-4-6-18/h2-13H,14-15H2,1H3,(H,25,28)(H,26,27). The molecule has 3 aromatic carbocycles. The van der Waals surface area contributed by atoms with Crippen LogP contribution in [0.25, 0.3) is 22.4 Å². The van der Waals surface area contributed by atoms with Crippen molar-refractivity contribution in [2.24, 2.45) is 0 Å². The largest absolute Gasteiger partial charge is 0.452 e. The van der Waals surface area contributed by atoms with Crippen LogP contribution in [0.5, 0.6) is 0 Å². The molecule has 0 aliphatic carbocycles. The summed E-state index contributed by atoms with van der Waals surface area (Å²) in [4.78, 5) is 32.1. The van der Waals surface area contributed by atoms with Crippen molar-refractivity contribution in [2.45, 2.75) is 13.5 Å². The monoisotopic (exact) mass is 399 g/mol. The molecule has 0 spiro atoms. The summed E-state index contributed by atoms with van der Waals surface area (Å²) in [5, 5.41) is 2.74. The van der Waals surface area contributed by atoms with E-state index in [4.69, 9.17) is 4.74 Å². The Morgan fingerprint density at radius 3 is 2.53 bits per heavy atom. The number of ether oxygens (including phenoxy) is 1. The van der Waals surface area contributed by atoms with E-state index < -0.39 is 5.97 Å². The number of nitrogens with one attached hydrogen (secondary N) is 2. The predicted molar refractivity (Wildman–Crippen MR) is 115 cm³/mol. The fourth-order valence-corrected chi connectivity index (χ4v) is 3.04. The van der Waals surface area contributed by atoms with Crippen molar-refractivity contribution in [3.05, 3.63) is 89.5 Å². The zero-order chi connectivity index (χ0) is 20.9. The van der Waals surface area contributed by atoms with Crippen LogP contribution < -0.4 is 5.32 Å². The summed E-state index contributed by atoms with van der Waals surface area (Å²) in [7, 11) is 0. The average molecular weight is 399 g/mol. The molecule has 0 aliphatic heterocycles. The Bertz CT molecular complexity index is 1180. The summed E-state index contributed by atoms with van der Waals surface area (Å²) in [5.74, 6) is -0.178. The van der Waals surface area contributed by atoms with Crippen molar-refractivity contribution in [2.75, 3.05) is 6.61 Å². The molecule has 2 N–H and O–H groups in total. The Balaban J connectivity index is 1.35. The number of aromatic nitrogens is 2. The first-order valence-corrected chi connectivity index (χ1v) is 9.63. The van der Waals surface area contributed by atoms with Crippen LogP contribution >= 0.6 is 0 Å². The lowest BCUT2D eigenvalue weighted by Crippen LogP contribution is -2.28. The van der Waals surface area contributed by atoms with Gasteiger partial charge in [-0.25, -0.2) is 9.78 Å². The van der Waals surface area contributed by atoms with Gasteiger partial charge in [0.05, 0.1) is 16.6 Å². The van der Waals surface area contributed by atoms with Gasteiger partial charge in [0.15, 0.2) is 6.61 Å². The summed E-state index contributed by atoms with van der Waals surface area (Å²) in [5.41, 5.74) is 4.94. The van der Waals surface area contributed by atoms with Crippen LogP contribution in [0.4, 0.5) is 0 Å². The second kappa shape index (κ2) is 8.61. The van der Waals surface area contributed by atoms with E-state index in [-0.39, 0.29) is 12.5 Å². The highest BCUT2D eigenvalue weighted by Crippen LogP contribution is 2.21.